The van der Waals surface area contributed by atoms with Crippen LogP contribution in [-0.4, -0.2) is 58.7 Å². The van der Waals surface area contributed by atoms with Crippen LogP contribution in [0, 0.1) is 0 Å². The van der Waals surface area contributed by atoms with E-state index in [2.05, 4.69) is 4.52 Å². The lowest BCUT2D eigenvalue weighted by Crippen LogP contribution is -2.42. The summed E-state index contributed by atoms with van der Waals surface area (Å²) in [6.45, 7) is -2.31. The largest absolute Gasteiger partial charge is 0.505 e. The second kappa shape index (κ2) is 9.78. The van der Waals surface area contributed by atoms with Gasteiger partial charge in [-0.25, -0.2) is 9.36 Å². The van der Waals surface area contributed by atoms with Crippen LogP contribution in [-0.2, 0) is 30.9 Å². The molecule has 0 amide bonds. The molecule has 3 rings (SSSR count). The number of hydrogen-bond donors (Lipinski definition) is 5. The molecule has 35 heavy (non-hydrogen) atoms. The molecular formula is C18H20F2N2O11P2. The van der Waals surface area contributed by atoms with Gasteiger partial charge in [0, 0.05) is 17.8 Å². The van der Waals surface area contributed by atoms with Crippen molar-refractivity contribution in [2.75, 3.05) is 12.5 Å². The van der Waals surface area contributed by atoms with E-state index in [9.17, 15) is 42.6 Å². The minimum Gasteiger partial charge on any atom is -0.505 e. The Morgan fingerprint density at radius 2 is 1.71 bits per heavy atom. The molecule has 0 saturated heterocycles. The maximum atomic E-state index is 14.7. The Morgan fingerprint density at radius 3 is 2.31 bits per heavy atom. The van der Waals surface area contributed by atoms with Gasteiger partial charge in [-0.15, -0.1) is 0 Å². The van der Waals surface area contributed by atoms with Gasteiger partial charge >= 0.3 is 20.9 Å². The van der Waals surface area contributed by atoms with Crippen LogP contribution in [0.3, 0.4) is 0 Å². The molecule has 0 fully saturated rings. The summed E-state index contributed by atoms with van der Waals surface area (Å²) in [5.74, 6) is -6.90. The fraction of sp³-hybridized carbons (Fsp3) is 0.333. The maximum absolute atomic E-state index is 14.7. The fourth-order valence-corrected chi connectivity index (χ4v) is 5.70. The number of rotatable bonds is 9. The average Bonchev–Trinajstić information content (AvgIpc) is 3.03. The monoisotopic (exact) mass is 540 g/mol. The maximum Gasteiger partial charge on any atom is 0.340 e. The summed E-state index contributed by atoms with van der Waals surface area (Å²) in [7, 11) is -9.77. The zero-order valence-electron chi connectivity index (χ0n) is 17.5. The third kappa shape index (κ3) is 6.33. The summed E-state index contributed by atoms with van der Waals surface area (Å²) in [5, 5.41) is 20.3. The molecule has 1 aliphatic rings. The predicted molar refractivity (Wildman–Crippen MR) is 115 cm³/mol. The minimum absolute atomic E-state index is 0.189. The van der Waals surface area contributed by atoms with E-state index in [1.807, 2.05) is 0 Å². The molecule has 2 unspecified atom stereocenters. The Kier molecular flexibility index (Phi) is 7.53. The molecule has 1 aromatic carbocycles. The van der Waals surface area contributed by atoms with E-state index >= 15 is 0 Å². The predicted octanol–water partition coefficient (Wildman–Crippen LogP) is 0.583. The highest BCUT2D eigenvalue weighted by molar-refractivity contribution is 7.70. The first-order valence-corrected chi connectivity index (χ1v) is 13.2. The average molecular weight is 540 g/mol. The summed E-state index contributed by atoms with van der Waals surface area (Å²) in [4.78, 5) is 52.1. The van der Waals surface area contributed by atoms with Crippen molar-refractivity contribution in [2.24, 2.45) is 0 Å². The minimum atomic E-state index is -4.93. The van der Waals surface area contributed by atoms with E-state index in [0.717, 1.165) is 24.4 Å². The molecule has 5 N–H and O–H groups in total. The molecule has 0 radical (unpaired) electrons. The van der Waals surface area contributed by atoms with Gasteiger partial charge in [0.25, 0.3) is 11.5 Å². The molecule has 1 aliphatic heterocycles. The molecule has 0 aliphatic carbocycles. The van der Waals surface area contributed by atoms with Gasteiger partial charge < -0.3 is 34.2 Å². The van der Waals surface area contributed by atoms with Crippen molar-refractivity contribution in [3.63, 3.8) is 0 Å². The lowest BCUT2D eigenvalue weighted by Gasteiger charge is -2.20. The molecule has 3 atom stereocenters. The van der Waals surface area contributed by atoms with Crippen molar-refractivity contribution in [1.82, 2.24) is 9.13 Å². The second-order valence-electron chi connectivity index (χ2n) is 7.49. The number of aromatic nitrogens is 2. The Morgan fingerprint density at radius 1 is 1.09 bits per heavy atom. The summed E-state index contributed by atoms with van der Waals surface area (Å²) in [6.07, 6.45) is -2.76. The SMILES string of the molecule is O=c1ccn(C2=C(O)C(O)[C@@H](COP(=O)(O)CP(=O)(O)O)O2)c(=O)n1CC(F)(F)c1ccccc1. The summed E-state index contributed by atoms with van der Waals surface area (Å²) in [6, 6.07) is 7.15. The van der Waals surface area contributed by atoms with Crippen molar-refractivity contribution in [3.05, 3.63) is 74.8 Å². The van der Waals surface area contributed by atoms with E-state index in [1.54, 1.807) is 0 Å². The Hall–Kier alpha value is -2.64. The molecule has 0 spiro atoms. The van der Waals surface area contributed by atoms with Crippen molar-refractivity contribution in [3.8, 4) is 0 Å². The molecular weight excluding hydrogens is 520 g/mol. The van der Waals surface area contributed by atoms with Gasteiger partial charge in [0.1, 0.15) is 0 Å². The quantitative estimate of drug-likeness (QED) is 0.279. The van der Waals surface area contributed by atoms with Crippen LogP contribution in [0.1, 0.15) is 5.56 Å². The highest BCUT2D eigenvalue weighted by Gasteiger charge is 2.41. The number of nitrogens with zero attached hydrogens (tertiary/aromatic N) is 2. The summed E-state index contributed by atoms with van der Waals surface area (Å²) >= 11 is 0. The van der Waals surface area contributed by atoms with Gasteiger partial charge in [-0.2, -0.15) is 8.78 Å². The molecule has 17 heteroatoms. The van der Waals surface area contributed by atoms with Crippen molar-refractivity contribution in [2.45, 2.75) is 24.7 Å². The number of aliphatic hydroxyl groups is 2. The van der Waals surface area contributed by atoms with Crippen LogP contribution >= 0.6 is 15.2 Å². The van der Waals surface area contributed by atoms with Crippen LogP contribution in [0.4, 0.5) is 8.78 Å². The van der Waals surface area contributed by atoms with E-state index in [1.165, 1.54) is 18.2 Å². The molecule has 0 bridgehead atoms. The van der Waals surface area contributed by atoms with Gasteiger partial charge in [-0.1, -0.05) is 30.3 Å². The third-order valence-electron chi connectivity index (χ3n) is 4.76. The van der Waals surface area contributed by atoms with Crippen molar-refractivity contribution in [1.29, 1.82) is 0 Å². The fourth-order valence-electron chi connectivity index (χ4n) is 3.13. The van der Waals surface area contributed by atoms with E-state index in [0.29, 0.717) is 4.57 Å². The van der Waals surface area contributed by atoms with Crippen LogP contribution in [0.5, 0.6) is 0 Å². The van der Waals surface area contributed by atoms with E-state index in [4.69, 9.17) is 14.5 Å². The standard InChI is InChI=1S/C18H20F2N2O11P2/c19-18(20,11-4-2-1-3-5-11)9-22-13(23)6-7-21(17(22)26)16-15(25)14(24)12(33-16)8-32-35(30,31)10-34(27,28)29/h1-7,12,14,24-25H,8-10H2,(H,30,31)(H2,27,28,29)/t12-,14?/m1/s1. The van der Waals surface area contributed by atoms with Gasteiger partial charge in [-0.3, -0.25) is 18.5 Å². The number of aliphatic hydroxyl groups excluding tert-OH is 2. The van der Waals surface area contributed by atoms with Gasteiger partial charge in [-0.05, 0) is 0 Å². The normalized spacial score (nSPS) is 20.5. The number of hydrogen-bond acceptors (Lipinski definition) is 8. The summed E-state index contributed by atoms with van der Waals surface area (Å²) in [5.41, 5.74) is -2.89. The van der Waals surface area contributed by atoms with Crippen LogP contribution in [0.15, 0.2) is 57.9 Å². The van der Waals surface area contributed by atoms with Crippen LogP contribution < -0.4 is 11.2 Å². The number of halogens is 2. The van der Waals surface area contributed by atoms with Crippen molar-refractivity contribution < 1.29 is 52.1 Å². The van der Waals surface area contributed by atoms with Gasteiger partial charge in [0.15, 0.2) is 23.9 Å². The Bertz CT molecular complexity index is 1340. The topological polar surface area (TPSA) is 198 Å². The third-order valence-corrected chi connectivity index (χ3v) is 8.21. The number of alkyl halides is 2. The number of benzene rings is 1. The first-order valence-electron chi connectivity index (χ1n) is 9.66. The smallest absolute Gasteiger partial charge is 0.340 e. The highest BCUT2D eigenvalue weighted by Crippen LogP contribution is 2.55. The lowest BCUT2D eigenvalue weighted by molar-refractivity contribution is -0.0246. The first-order chi connectivity index (χ1) is 16.1. The van der Waals surface area contributed by atoms with Gasteiger partial charge in [0.05, 0.1) is 13.2 Å². The Balaban J connectivity index is 1.85. The first kappa shape index (κ1) is 27.0. The van der Waals surface area contributed by atoms with Crippen molar-refractivity contribution >= 4 is 21.1 Å². The van der Waals surface area contributed by atoms with Crippen LogP contribution in [0.2, 0.25) is 0 Å². The molecule has 2 heterocycles. The molecule has 192 valence electrons. The van der Waals surface area contributed by atoms with Crippen LogP contribution in [0.25, 0.3) is 5.88 Å². The second-order valence-corrected chi connectivity index (χ2v) is 11.5. The lowest BCUT2D eigenvalue weighted by atomic mass is 10.1. The number of ether oxygens (including phenoxy) is 1. The van der Waals surface area contributed by atoms with E-state index in [-0.39, 0.29) is 4.57 Å². The molecule has 13 nitrogen and oxygen atoms in total. The van der Waals surface area contributed by atoms with E-state index < -0.39 is 80.8 Å². The molecule has 0 saturated carbocycles. The molecule has 1 aromatic heterocycles. The van der Waals surface area contributed by atoms with Gasteiger partial charge in [0.2, 0.25) is 5.88 Å². The Labute approximate surface area is 194 Å². The highest BCUT2D eigenvalue weighted by atomic mass is 31.2. The zero-order valence-corrected chi connectivity index (χ0v) is 19.3. The zero-order chi connectivity index (χ0) is 26.2. The summed E-state index contributed by atoms with van der Waals surface area (Å²) < 4.78 is 62.4. The molecule has 2 aromatic rings.